The van der Waals surface area contributed by atoms with Crippen molar-refractivity contribution in [2.24, 2.45) is 0 Å². The Morgan fingerprint density at radius 1 is 1.26 bits per heavy atom. The van der Waals surface area contributed by atoms with Crippen molar-refractivity contribution in [2.75, 3.05) is 5.32 Å². The van der Waals surface area contributed by atoms with E-state index in [1.807, 2.05) is 5.32 Å². The normalized spacial score (nSPS) is 11.5. The molecule has 0 spiro atoms. The molecule has 0 radical (unpaired) electrons. The van der Waals surface area contributed by atoms with Gasteiger partial charge in [0.2, 0.25) is 0 Å². The predicted molar refractivity (Wildman–Crippen MR) is 64.4 cm³/mol. The Morgan fingerprint density at radius 2 is 1.89 bits per heavy atom. The molecular weight excluding hydrogens is 254 g/mol. The maximum Gasteiger partial charge on any atom is 0.331 e. The van der Waals surface area contributed by atoms with E-state index in [1.54, 1.807) is 6.92 Å². The van der Waals surface area contributed by atoms with Crippen LogP contribution < -0.4 is 10.6 Å². The number of rotatable bonds is 3. The van der Waals surface area contributed by atoms with E-state index in [9.17, 15) is 14.4 Å². The van der Waals surface area contributed by atoms with E-state index in [0.717, 1.165) is 0 Å². The molecular formula is C11H13N3O5. The lowest BCUT2D eigenvalue weighted by Gasteiger charge is -2.05. The van der Waals surface area contributed by atoms with Gasteiger partial charge in [0.1, 0.15) is 5.76 Å². The van der Waals surface area contributed by atoms with Gasteiger partial charge in [0.15, 0.2) is 5.82 Å². The minimum absolute atomic E-state index is 0.0565. The van der Waals surface area contributed by atoms with Gasteiger partial charge in [-0.2, -0.15) is 0 Å². The number of carboxylic acids is 1. The SMILES string of the molecule is CC(C(=O)O)=C(C)C(=O)NC(=O)Nc1cc(C)on1. The average molecular weight is 267 g/mol. The summed E-state index contributed by atoms with van der Waals surface area (Å²) in [5, 5.41) is 16.5. The molecule has 0 aromatic carbocycles. The number of aryl methyl sites for hydroxylation is 1. The zero-order valence-corrected chi connectivity index (χ0v) is 10.6. The van der Waals surface area contributed by atoms with Gasteiger partial charge in [-0.15, -0.1) is 0 Å². The molecule has 3 N–H and O–H groups in total. The molecule has 102 valence electrons. The molecule has 8 nitrogen and oxygen atoms in total. The first kappa shape index (κ1) is 14.4. The molecule has 0 aliphatic heterocycles. The third-order valence-electron chi connectivity index (χ3n) is 2.32. The number of hydrogen-bond donors (Lipinski definition) is 3. The van der Waals surface area contributed by atoms with Crippen LogP contribution in [0.2, 0.25) is 0 Å². The van der Waals surface area contributed by atoms with Crippen LogP contribution in [0.15, 0.2) is 21.7 Å². The fourth-order valence-corrected chi connectivity index (χ4v) is 1.10. The standard InChI is InChI=1S/C11H13N3O5/c1-5-4-8(14-19-5)12-11(18)13-9(15)6(2)7(3)10(16)17/h4H,1-3H3,(H,16,17)(H2,12,13,14,15,18). The predicted octanol–water partition coefficient (Wildman–Crippen LogP) is 1.05. The summed E-state index contributed by atoms with van der Waals surface area (Å²) < 4.78 is 4.72. The quantitative estimate of drug-likeness (QED) is 0.704. The Balaban J connectivity index is 2.65. The first-order chi connectivity index (χ1) is 8.81. The molecule has 1 rings (SSSR count). The highest BCUT2D eigenvalue weighted by Crippen LogP contribution is 2.07. The topological polar surface area (TPSA) is 122 Å². The van der Waals surface area contributed by atoms with Crippen LogP contribution in [-0.4, -0.2) is 28.2 Å². The number of nitrogens with one attached hydrogen (secondary N) is 2. The Labute approximate surface area is 108 Å². The number of anilines is 1. The Morgan fingerprint density at radius 3 is 2.37 bits per heavy atom. The van der Waals surface area contributed by atoms with Crippen molar-refractivity contribution in [1.29, 1.82) is 0 Å². The third-order valence-corrected chi connectivity index (χ3v) is 2.32. The van der Waals surface area contributed by atoms with Crippen LogP contribution >= 0.6 is 0 Å². The van der Waals surface area contributed by atoms with Gasteiger partial charge in [0.25, 0.3) is 5.91 Å². The summed E-state index contributed by atoms with van der Waals surface area (Å²) in [4.78, 5) is 33.7. The number of nitrogens with zero attached hydrogens (tertiary/aromatic N) is 1. The molecule has 0 atom stereocenters. The minimum Gasteiger partial charge on any atom is -0.478 e. The zero-order valence-electron chi connectivity index (χ0n) is 10.6. The van der Waals surface area contributed by atoms with Crippen molar-refractivity contribution in [1.82, 2.24) is 10.5 Å². The van der Waals surface area contributed by atoms with Crippen LogP contribution in [-0.2, 0) is 9.59 Å². The molecule has 3 amide bonds. The second-order valence-electron chi connectivity index (χ2n) is 3.79. The van der Waals surface area contributed by atoms with Crippen molar-refractivity contribution in [2.45, 2.75) is 20.8 Å². The number of carbonyl (C=O) groups excluding carboxylic acids is 2. The van der Waals surface area contributed by atoms with Crippen molar-refractivity contribution in [3.63, 3.8) is 0 Å². The Bertz CT molecular complexity index is 558. The fourth-order valence-electron chi connectivity index (χ4n) is 1.10. The molecule has 8 heteroatoms. The highest BCUT2D eigenvalue weighted by molar-refractivity contribution is 6.10. The van der Waals surface area contributed by atoms with Gasteiger partial charge in [0, 0.05) is 17.2 Å². The second kappa shape index (κ2) is 5.80. The van der Waals surface area contributed by atoms with Gasteiger partial charge < -0.3 is 9.63 Å². The zero-order chi connectivity index (χ0) is 14.6. The Hall–Kier alpha value is -2.64. The molecule has 0 aliphatic carbocycles. The number of hydrogen-bond acceptors (Lipinski definition) is 5. The Kier molecular flexibility index (Phi) is 4.41. The molecule has 1 heterocycles. The van der Waals surface area contributed by atoms with E-state index in [0.29, 0.717) is 5.76 Å². The van der Waals surface area contributed by atoms with Gasteiger partial charge in [0.05, 0.1) is 0 Å². The van der Waals surface area contributed by atoms with Crippen molar-refractivity contribution in [3.05, 3.63) is 23.0 Å². The summed E-state index contributed by atoms with van der Waals surface area (Å²) in [5.74, 6) is -1.36. The van der Waals surface area contributed by atoms with E-state index >= 15 is 0 Å². The van der Waals surface area contributed by atoms with E-state index in [1.165, 1.54) is 19.9 Å². The van der Waals surface area contributed by atoms with Gasteiger partial charge in [-0.05, 0) is 20.8 Å². The van der Waals surface area contributed by atoms with Gasteiger partial charge in [-0.25, -0.2) is 9.59 Å². The fraction of sp³-hybridized carbons (Fsp3) is 0.273. The minimum atomic E-state index is -1.22. The second-order valence-corrected chi connectivity index (χ2v) is 3.79. The van der Waals surface area contributed by atoms with Crippen LogP contribution in [0.3, 0.4) is 0 Å². The van der Waals surface area contributed by atoms with Crippen molar-refractivity contribution in [3.8, 4) is 0 Å². The van der Waals surface area contributed by atoms with E-state index in [2.05, 4.69) is 10.5 Å². The molecule has 0 unspecified atom stereocenters. The van der Waals surface area contributed by atoms with Crippen LogP contribution in [0.25, 0.3) is 0 Å². The number of imide groups is 1. The third kappa shape index (κ3) is 3.95. The van der Waals surface area contributed by atoms with Gasteiger partial charge in [-0.3, -0.25) is 15.4 Å². The molecule has 19 heavy (non-hydrogen) atoms. The summed E-state index contributed by atoms with van der Waals surface area (Å²) in [7, 11) is 0. The largest absolute Gasteiger partial charge is 0.478 e. The number of carboxylic acid groups (broad SMARTS) is 1. The number of amides is 3. The number of aromatic nitrogens is 1. The molecule has 1 aromatic heterocycles. The summed E-state index contributed by atoms with van der Waals surface area (Å²) in [6, 6.07) is 0.644. The first-order valence-corrected chi connectivity index (χ1v) is 5.27. The van der Waals surface area contributed by atoms with E-state index < -0.39 is 17.9 Å². The molecule has 0 fully saturated rings. The molecule has 0 bridgehead atoms. The number of aliphatic carboxylic acids is 1. The first-order valence-electron chi connectivity index (χ1n) is 5.27. The van der Waals surface area contributed by atoms with Crippen molar-refractivity contribution < 1.29 is 24.0 Å². The van der Waals surface area contributed by atoms with Crippen LogP contribution in [0.4, 0.5) is 10.6 Å². The number of carbonyl (C=O) groups is 3. The molecule has 0 aliphatic rings. The van der Waals surface area contributed by atoms with Crippen LogP contribution in [0.5, 0.6) is 0 Å². The summed E-state index contributed by atoms with van der Waals surface area (Å²) in [6.07, 6.45) is 0. The van der Waals surface area contributed by atoms with E-state index in [4.69, 9.17) is 9.63 Å². The lowest BCUT2D eigenvalue weighted by atomic mass is 10.1. The average Bonchev–Trinajstić information content (AvgIpc) is 2.72. The van der Waals surface area contributed by atoms with Gasteiger partial charge >= 0.3 is 12.0 Å². The lowest BCUT2D eigenvalue weighted by Crippen LogP contribution is -2.35. The summed E-state index contributed by atoms with van der Waals surface area (Å²) in [6.45, 7) is 4.23. The highest BCUT2D eigenvalue weighted by Gasteiger charge is 2.15. The molecule has 1 aromatic rings. The molecule has 0 saturated heterocycles. The van der Waals surface area contributed by atoms with Crippen LogP contribution in [0, 0.1) is 6.92 Å². The summed E-state index contributed by atoms with van der Waals surface area (Å²) >= 11 is 0. The highest BCUT2D eigenvalue weighted by atomic mass is 16.5. The lowest BCUT2D eigenvalue weighted by molar-refractivity contribution is -0.133. The van der Waals surface area contributed by atoms with Crippen molar-refractivity contribution >= 4 is 23.7 Å². The van der Waals surface area contributed by atoms with Gasteiger partial charge in [-0.1, -0.05) is 5.16 Å². The maximum atomic E-state index is 11.6. The molecule has 0 saturated carbocycles. The smallest absolute Gasteiger partial charge is 0.331 e. The monoisotopic (exact) mass is 267 g/mol. The summed E-state index contributed by atoms with van der Waals surface area (Å²) in [5.41, 5.74) is -0.193. The van der Waals surface area contributed by atoms with Crippen LogP contribution in [0.1, 0.15) is 19.6 Å². The maximum absolute atomic E-state index is 11.6. The van der Waals surface area contributed by atoms with E-state index in [-0.39, 0.29) is 17.0 Å². The number of urea groups is 1.